The highest BCUT2D eigenvalue weighted by molar-refractivity contribution is 5.98. The zero-order valence-electron chi connectivity index (χ0n) is 16.0. The second kappa shape index (κ2) is 8.31. The summed E-state index contributed by atoms with van der Waals surface area (Å²) in [4.78, 5) is 24.6. The fourth-order valence-corrected chi connectivity index (χ4v) is 2.79. The molecule has 2 aromatic carbocycles. The molecule has 30 heavy (non-hydrogen) atoms. The summed E-state index contributed by atoms with van der Waals surface area (Å²) in [7, 11) is 1.59. The van der Waals surface area contributed by atoms with Crippen LogP contribution in [0.4, 0.5) is 0 Å². The molecule has 0 fully saturated rings. The minimum atomic E-state index is -0.510. The van der Waals surface area contributed by atoms with Crippen molar-refractivity contribution in [2.45, 2.75) is 0 Å². The molecule has 0 unspecified atom stereocenters. The van der Waals surface area contributed by atoms with Crippen LogP contribution < -0.4 is 15.6 Å². The van der Waals surface area contributed by atoms with E-state index in [0.717, 1.165) is 17.0 Å². The Labute approximate surface area is 171 Å². The first kappa shape index (κ1) is 18.9. The number of amides is 2. The molecule has 4 aromatic rings. The molecule has 2 heterocycles. The first-order valence-electron chi connectivity index (χ1n) is 9.04. The van der Waals surface area contributed by atoms with E-state index in [1.54, 1.807) is 54.5 Å². The van der Waals surface area contributed by atoms with Crippen LogP contribution in [0.2, 0.25) is 0 Å². The second-order valence-electron chi connectivity index (χ2n) is 6.30. The molecular formula is C21H18N6O3. The predicted molar refractivity (Wildman–Crippen MR) is 109 cm³/mol. The van der Waals surface area contributed by atoms with Crippen molar-refractivity contribution in [2.24, 2.45) is 0 Å². The van der Waals surface area contributed by atoms with Crippen LogP contribution in [-0.4, -0.2) is 38.9 Å². The minimum absolute atomic E-state index is 0.218. The van der Waals surface area contributed by atoms with Gasteiger partial charge in [-0.25, -0.2) is 4.68 Å². The van der Waals surface area contributed by atoms with Gasteiger partial charge in [0.1, 0.15) is 11.4 Å². The predicted octanol–water partition coefficient (Wildman–Crippen LogP) is 2.35. The van der Waals surface area contributed by atoms with E-state index >= 15 is 0 Å². The summed E-state index contributed by atoms with van der Waals surface area (Å²) in [5.74, 6) is -0.221. The van der Waals surface area contributed by atoms with Gasteiger partial charge < -0.3 is 4.74 Å². The zero-order chi connectivity index (χ0) is 20.9. The topological polar surface area (TPSA) is 114 Å². The van der Waals surface area contributed by atoms with Gasteiger partial charge in [-0.1, -0.05) is 0 Å². The van der Waals surface area contributed by atoms with Crippen LogP contribution in [0.3, 0.4) is 0 Å². The summed E-state index contributed by atoms with van der Waals surface area (Å²) in [6.45, 7) is 0. The molecule has 2 aromatic heterocycles. The normalized spacial score (nSPS) is 10.4. The lowest BCUT2D eigenvalue weighted by molar-refractivity contribution is 0.0844. The highest BCUT2D eigenvalue weighted by atomic mass is 16.5. The fourth-order valence-electron chi connectivity index (χ4n) is 2.79. The van der Waals surface area contributed by atoms with E-state index in [1.807, 2.05) is 30.3 Å². The number of carbonyl (C=O) groups excluding carboxylic acids is 2. The number of carbonyl (C=O) groups is 2. The maximum Gasteiger partial charge on any atom is 0.287 e. The highest BCUT2D eigenvalue weighted by Gasteiger charge is 2.13. The smallest absolute Gasteiger partial charge is 0.287 e. The van der Waals surface area contributed by atoms with Crippen LogP contribution in [0.1, 0.15) is 20.8 Å². The monoisotopic (exact) mass is 402 g/mol. The van der Waals surface area contributed by atoms with Crippen LogP contribution in [-0.2, 0) is 0 Å². The molecule has 9 nitrogen and oxygen atoms in total. The van der Waals surface area contributed by atoms with Gasteiger partial charge in [0.15, 0.2) is 0 Å². The summed E-state index contributed by atoms with van der Waals surface area (Å²) >= 11 is 0. The Balaban J connectivity index is 1.36. The molecule has 0 bridgehead atoms. The number of aromatic nitrogens is 4. The number of rotatable bonds is 5. The third-order valence-corrected chi connectivity index (χ3v) is 4.40. The number of hydrazine groups is 1. The van der Waals surface area contributed by atoms with Gasteiger partial charge in [-0.3, -0.25) is 25.5 Å². The minimum Gasteiger partial charge on any atom is -0.497 e. The number of hydrogen-bond donors (Lipinski definition) is 3. The molecule has 3 N–H and O–H groups in total. The van der Waals surface area contributed by atoms with Gasteiger partial charge >= 0.3 is 0 Å². The van der Waals surface area contributed by atoms with E-state index in [1.165, 1.54) is 0 Å². The van der Waals surface area contributed by atoms with Crippen molar-refractivity contribution in [3.63, 3.8) is 0 Å². The molecule has 0 spiro atoms. The maximum absolute atomic E-state index is 12.3. The Morgan fingerprint density at radius 1 is 1.00 bits per heavy atom. The molecule has 4 rings (SSSR count). The Kier molecular flexibility index (Phi) is 5.25. The molecule has 0 radical (unpaired) electrons. The first-order valence-corrected chi connectivity index (χ1v) is 9.04. The van der Waals surface area contributed by atoms with Crippen molar-refractivity contribution in [1.82, 2.24) is 30.8 Å². The third kappa shape index (κ3) is 4.04. The highest BCUT2D eigenvalue weighted by Crippen LogP contribution is 2.21. The summed E-state index contributed by atoms with van der Waals surface area (Å²) in [5.41, 5.74) is 7.63. The molecule has 0 saturated carbocycles. The quantitative estimate of drug-likeness (QED) is 0.444. The summed E-state index contributed by atoms with van der Waals surface area (Å²) in [6, 6.07) is 17.5. The average Bonchev–Trinajstić information content (AvgIpc) is 3.50. The third-order valence-electron chi connectivity index (χ3n) is 4.40. The standard InChI is InChI=1S/C21H18N6O3/c1-30-17-9-5-14(6-10-17)18-13-19(24-23-18)21(29)26-25-20(28)15-3-7-16(8-4-15)27-12-2-11-22-27/h2-13H,1H3,(H,23,24)(H,25,28)(H,26,29). The molecule has 0 aliphatic rings. The Morgan fingerprint density at radius 2 is 1.73 bits per heavy atom. The maximum atomic E-state index is 12.3. The molecule has 0 saturated heterocycles. The first-order chi connectivity index (χ1) is 14.6. The van der Waals surface area contributed by atoms with E-state index in [2.05, 4.69) is 26.1 Å². The van der Waals surface area contributed by atoms with Gasteiger partial charge in [-0.15, -0.1) is 0 Å². The van der Waals surface area contributed by atoms with E-state index in [4.69, 9.17) is 4.74 Å². The Hall–Kier alpha value is -4.40. The summed E-state index contributed by atoms with van der Waals surface area (Å²) < 4.78 is 6.81. The molecule has 150 valence electrons. The van der Waals surface area contributed by atoms with Crippen molar-refractivity contribution in [1.29, 1.82) is 0 Å². The van der Waals surface area contributed by atoms with Crippen molar-refractivity contribution in [3.05, 3.63) is 84.3 Å². The van der Waals surface area contributed by atoms with Crippen molar-refractivity contribution >= 4 is 11.8 Å². The van der Waals surface area contributed by atoms with Crippen LogP contribution >= 0.6 is 0 Å². The number of nitrogens with zero attached hydrogens (tertiary/aromatic N) is 3. The number of ether oxygens (including phenoxy) is 1. The second-order valence-corrected chi connectivity index (χ2v) is 6.30. The van der Waals surface area contributed by atoms with Gasteiger partial charge in [0.2, 0.25) is 0 Å². The lowest BCUT2D eigenvalue weighted by Gasteiger charge is -2.07. The molecule has 2 amide bonds. The molecule has 9 heteroatoms. The van der Waals surface area contributed by atoms with Crippen LogP contribution in [0.15, 0.2) is 73.1 Å². The summed E-state index contributed by atoms with van der Waals surface area (Å²) in [5, 5.41) is 10.9. The fraction of sp³-hybridized carbons (Fsp3) is 0.0476. The van der Waals surface area contributed by atoms with E-state index in [-0.39, 0.29) is 5.69 Å². The number of H-pyrrole nitrogens is 1. The summed E-state index contributed by atoms with van der Waals surface area (Å²) in [6.07, 6.45) is 3.48. The van der Waals surface area contributed by atoms with E-state index in [9.17, 15) is 9.59 Å². The van der Waals surface area contributed by atoms with Gasteiger partial charge in [-0.05, 0) is 60.7 Å². The molecule has 0 aliphatic heterocycles. The van der Waals surface area contributed by atoms with Gasteiger partial charge in [0, 0.05) is 23.5 Å². The number of nitrogens with one attached hydrogen (secondary N) is 3. The van der Waals surface area contributed by atoms with Gasteiger partial charge in [0.05, 0.1) is 18.5 Å². The Bertz CT molecular complexity index is 1150. The van der Waals surface area contributed by atoms with Crippen molar-refractivity contribution < 1.29 is 14.3 Å². The number of methoxy groups -OCH3 is 1. The lowest BCUT2D eigenvalue weighted by Crippen LogP contribution is -2.41. The number of benzene rings is 2. The van der Waals surface area contributed by atoms with Crippen LogP contribution in [0.25, 0.3) is 16.9 Å². The lowest BCUT2D eigenvalue weighted by atomic mass is 10.1. The molecular weight excluding hydrogens is 384 g/mol. The van der Waals surface area contributed by atoms with E-state index in [0.29, 0.717) is 11.3 Å². The van der Waals surface area contributed by atoms with Crippen molar-refractivity contribution in [3.8, 4) is 22.7 Å². The SMILES string of the molecule is COc1ccc(-c2cc(C(=O)NNC(=O)c3ccc(-n4cccn4)cc3)[nH]n2)cc1. The Morgan fingerprint density at radius 3 is 2.40 bits per heavy atom. The molecule has 0 atom stereocenters. The average molecular weight is 402 g/mol. The molecule has 0 aliphatic carbocycles. The zero-order valence-corrected chi connectivity index (χ0v) is 16.0. The van der Waals surface area contributed by atoms with Gasteiger partial charge in [0.25, 0.3) is 11.8 Å². The largest absolute Gasteiger partial charge is 0.497 e. The van der Waals surface area contributed by atoms with Crippen LogP contribution in [0, 0.1) is 0 Å². The number of hydrogen-bond acceptors (Lipinski definition) is 5. The number of aromatic amines is 1. The van der Waals surface area contributed by atoms with Crippen LogP contribution in [0.5, 0.6) is 5.75 Å². The van der Waals surface area contributed by atoms with E-state index < -0.39 is 11.8 Å². The van der Waals surface area contributed by atoms with Crippen molar-refractivity contribution in [2.75, 3.05) is 7.11 Å². The van der Waals surface area contributed by atoms with Gasteiger partial charge in [-0.2, -0.15) is 10.2 Å².